The number of carbonyl (C=O) groups excluding carboxylic acids is 1. The van der Waals surface area contributed by atoms with Crippen molar-refractivity contribution >= 4 is 39.9 Å². The average molecular weight is 347 g/mol. The Morgan fingerprint density at radius 1 is 1.23 bits per heavy atom. The van der Waals surface area contributed by atoms with Crippen LogP contribution in [0, 0.1) is 0 Å². The summed E-state index contributed by atoms with van der Waals surface area (Å²) in [6, 6.07) is 4.20. The molecule has 6 heteroatoms. The summed E-state index contributed by atoms with van der Waals surface area (Å²) in [6.07, 6.45) is 1.38. The van der Waals surface area contributed by atoms with Crippen LogP contribution in [0.3, 0.4) is 0 Å². The zero-order valence-corrected chi connectivity index (χ0v) is 14.3. The molecule has 4 rings (SSSR count). The maximum Gasteiger partial charge on any atom is 0.228 e. The van der Waals surface area contributed by atoms with Crippen LogP contribution in [0.4, 0.5) is 0 Å². The number of amides is 1. The van der Waals surface area contributed by atoms with E-state index in [1.165, 1.54) is 10.4 Å². The van der Waals surface area contributed by atoms with Crippen LogP contribution in [0.15, 0.2) is 33.7 Å². The van der Waals surface area contributed by atoms with Gasteiger partial charge in [0.05, 0.1) is 12.1 Å². The van der Waals surface area contributed by atoms with Gasteiger partial charge in [-0.2, -0.15) is 11.3 Å². The van der Waals surface area contributed by atoms with Crippen LogP contribution in [0.1, 0.15) is 16.1 Å². The van der Waals surface area contributed by atoms with E-state index in [2.05, 4.69) is 27.9 Å². The van der Waals surface area contributed by atoms with Crippen molar-refractivity contribution in [3.8, 4) is 10.6 Å². The largest absolute Gasteiger partial charge is 0.338 e. The third-order valence-corrected chi connectivity index (χ3v) is 6.46. The number of carbonyl (C=O) groups is 1. The minimum atomic E-state index is 0.180. The van der Waals surface area contributed by atoms with E-state index in [1.54, 1.807) is 34.0 Å². The van der Waals surface area contributed by atoms with Gasteiger partial charge in [0, 0.05) is 34.3 Å². The van der Waals surface area contributed by atoms with Gasteiger partial charge in [0.1, 0.15) is 5.01 Å². The maximum atomic E-state index is 12.5. The van der Waals surface area contributed by atoms with Crippen molar-refractivity contribution in [2.75, 3.05) is 6.54 Å². The van der Waals surface area contributed by atoms with Gasteiger partial charge >= 0.3 is 0 Å². The van der Waals surface area contributed by atoms with E-state index in [1.807, 2.05) is 15.7 Å². The fraction of sp³-hybridized carbons (Fsp3) is 0.250. The van der Waals surface area contributed by atoms with Crippen LogP contribution >= 0.6 is 34.0 Å². The Morgan fingerprint density at radius 2 is 2.18 bits per heavy atom. The zero-order chi connectivity index (χ0) is 14.9. The predicted molar refractivity (Wildman–Crippen MR) is 92.6 cm³/mol. The Morgan fingerprint density at radius 3 is 3.05 bits per heavy atom. The molecule has 0 saturated carbocycles. The quantitative estimate of drug-likeness (QED) is 0.716. The van der Waals surface area contributed by atoms with Crippen LogP contribution in [0.25, 0.3) is 10.6 Å². The molecule has 1 aliphatic rings. The molecule has 4 heterocycles. The van der Waals surface area contributed by atoms with Gasteiger partial charge in [-0.15, -0.1) is 22.7 Å². The third-order valence-electron chi connectivity index (χ3n) is 3.81. The minimum Gasteiger partial charge on any atom is -0.338 e. The van der Waals surface area contributed by atoms with Crippen LogP contribution < -0.4 is 0 Å². The molecule has 3 nitrogen and oxygen atoms in total. The topological polar surface area (TPSA) is 33.2 Å². The molecule has 0 N–H and O–H groups in total. The molecular formula is C16H14N2OS3. The molecule has 0 fully saturated rings. The molecule has 3 aromatic rings. The summed E-state index contributed by atoms with van der Waals surface area (Å²) in [7, 11) is 0. The number of rotatable bonds is 3. The van der Waals surface area contributed by atoms with Gasteiger partial charge in [0.25, 0.3) is 0 Å². The first-order valence-electron chi connectivity index (χ1n) is 7.09. The van der Waals surface area contributed by atoms with Crippen LogP contribution in [-0.2, 0) is 24.2 Å². The average Bonchev–Trinajstić information content (AvgIpc) is 3.27. The second-order valence-corrected chi connectivity index (χ2v) is 7.91. The maximum absolute atomic E-state index is 12.5. The van der Waals surface area contributed by atoms with Crippen molar-refractivity contribution in [3.05, 3.63) is 49.8 Å². The van der Waals surface area contributed by atoms with Crippen LogP contribution in [0.2, 0.25) is 0 Å². The molecule has 0 aliphatic carbocycles. The lowest BCUT2D eigenvalue weighted by Gasteiger charge is -2.26. The highest BCUT2D eigenvalue weighted by molar-refractivity contribution is 7.14. The fourth-order valence-corrected chi connectivity index (χ4v) is 5.06. The highest BCUT2D eigenvalue weighted by Gasteiger charge is 2.22. The monoisotopic (exact) mass is 346 g/mol. The van der Waals surface area contributed by atoms with Crippen molar-refractivity contribution < 1.29 is 4.79 Å². The summed E-state index contributed by atoms with van der Waals surface area (Å²) in [6.45, 7) is 1.58. The first-order valence-corrected chi connectivity index (χ1v) is 9.80. The van der Waals surface area contributed by atoms with Crippen molar-refractivity contribution in [2.24, 2.45) is 0 Å². The van der Waals surface area contributed by atoms with Gasteiger partial charge in [-0.3, -0.25) is 4.79 Å². The van der Waals surface area contributed by atoms with Crippen molar-refractivity contribution in [2.45, 2.75) is 19.4 Å². The Kier molecular flexibility index (Phi) is 3.82. The van der Waals surface area contributed by atoms with Gasteiger partial charge < -0.3 is 4.90 Å². The number of fused-ring (bicyclic) bond motifs is 1. The van der Waals surface area contributed by atoms with Gasteiger partial charge in [0.15, 0.2) is 0 Å². The predicted octanol–water partition coefficient (Wildman–Crippen LogP) is 4.06. The molecule has 1 amide bonds. The third kappa shape index (κ3) is 2.74. The Hall–Kier alpha value is -1.50. The minimum absolute atomic E-state index is 0.180. The summed E-state index contributed by atoms with van der Waals surface area (Å²) < 4.78 is 0. The Balaban J connectivity index is 1.44. The summed E-state index contributed by atoms with van der Waals surface area (Å²) in [5.74, 6) is 0.180. The molecule has 0 saturated heterocycles. The van der Waals surface area contributed by atoms with E-state index in [-0.39, 0.29) is 5.91 Å². The molecule has 0 radical (unpaired) electrons. The Bertz CT molecular complexity index is 788. The molecule has 3 aromatic heterocycles. The van der Waals surface area contributed by atoms with Crippen molar-refractivity contribution in [1.82, 2.24) is 9.88 Å². The first-order chi connectivity index (χ1) is 10.8. The molecule has 1 aliphatic heterocycles. The Labute approximate surface area is 140 Å². The molecule has 0 unspecified atom stereocenters. The van der Waals surface area contributed by atoms with Crippen LogP contribution in [0.5, 0.6) is 0 Å². The van der Waals surface area contributed by atoms with Gasteiger partial charge in [0.2, 0.25) is 5.91 Å². The molecule has 0 spiro atoms. The first kappa shape index (κ1) is 14.1. The number of hydrogen-bond acceptors (Lipinski definition) is 5. The second kappa shape index (κ2) is 5.95. The normalized spacial score (nSPS) is 14.1. The molecule has 0 aromatic carbocycles. The summed E-state index contributed by atoms with van der Waals surface area (Å²) in [4.78, 5) is 20.5. The number of thiazole rings is 1. The zero-order valence-electron chi connectivity index (χ0n) is 11.8. The van der Waals surface area contributed by atoms with Crippen molar-refractivity contribution in [3.63, 3.8) is 0 Å². The summed E-state index contributed by atoms with van der Waals surface area (Å²) in [5, 5.41) is 9.26. The number of thiophene rings is 2. The molecule has 22 heavy (non-hydrogen) atoms. The van der Waals surface area contributed by atoms with E-state index in [0.29, 0.717) is 6.42 Å². The second-order valence-electron chi connectivity index (χ2n) is 5.27. The number of hydrogen-bond donors (Lipinski definition) is 0. The number of nitrogens with zero attached hydrogens (tertiary/aromatic N) is 2. The lowest BCUT2D eigenvalue weighted by Crippen LogP contribution is -2.36. The highest BCUT2D eigenvalue weighted by Crippen LogP contribution is 2.27. The SMILES string of the molecule is O=C(Cc1csc(-c2ccsc2)n1)N1CCc2sccc2C1. The van der Waals surface area contributed by atoms with E-state index in [4.69, 9.17) is 0 Å². The highest BCUT2D eigenvalue weighted by atomic mass is 32.1. The lowest BCUT2D eigenvalue weighted by molar-refractivity contribution is -0.131. The molecule has 0 bridgehead atoms. The van der Waals surface area contributed by atoms with Gasteiger partial charge in [-0.25, -0.2) is 4.98 Å². The smallest absolute Gasteiger partial charge is 0.228 e. The number of aromatic nitrogens is 1. The molecule has 112 valence electrons. The van der Waals surface area contributed by atoms with Gasteiger partial charge in [-0.05, 0) is 34.9 Å². The van der Waals surface area contributed by atoms with E-state index in [0.717, 1.165) is 35.8 Å². The summed E-state index contributed by atoms with van der Waals surface area (Å²) in [5.41, 5.74) is 3.34. The fourth-order valence-electron chi connectivity index (χ4n) is 2.64. The van der Waals surface area contributed by atoms with Gasteiger partial charge in [-0.1, -0.05) is 0 Å². The van der Waals surface area contributed by atoms with E-state index < -0.39 is 0 Å². The molecular weight excluding hydrogens is 332 g/mol. The van der Waals surface area contributed by atoms with Crippen LogP contribution in [-0.4, -0.2) is 22.3 Å². The standard InChI is InChI=1S/C16H14N2OS3/c19-15(18-4-1-14-11(8-18)3-6-21-14)7-13-10-22-16(17-13)12-2-5-20-9-12/h2-3,5-6,9-10H,1,4,7-8H2. The molecule has 0 atom stereocenters. The van der Waals surface area contributed by atoms with E-state index >= 15 is 0 Å². The van der Waals surface area contributed by atoms with Crippen molar-refractivity contribution in [1.29, 1.82) is 0 Å². The lowest BCUT2D eigenvalue weighted by atomic mass is 10.1. The summed E-state index contributed by atoms with van der Waals surface area (Å²) >= 11 is 5.08. The van der Waals surface area contributed by atoms with E-state index in [9.17, 15) is 4.79 Å².